The van der Waals surface area contributed by atoms with Crippen LogP contribution in [0.4, 0.5) is 0 Å². The molecule has 0 unspecified atom stereocenters. The van der Waals surface area contributed by atoms with Gasteiger partial charge in [0.05, 0.1) is 18.2 Å². The Hall–Kier alpha value is -2.60. The van der Waals surface area contributed by atoms with Gasteiger partial charge in [-0.2, -0.15) is 5.10 Å². The molecule has 100 valence electrons. The molecular formula is C14H11N3O2S. The number of thiophene rings is 1. The van der Waals surface area contributed by atoms with Crippen molar-refractivity contribution in [3.05, 3.63) is 65.0 Å². The number of hydrazone groups is 1. The Bertz CT molecular complexity index is 712. The van der Waals surface area contributed by atoms with Gasteiger partial charge in [-0.25, -0.2) is 5.43 Å². The number of nitrogens with one attached hydrogen (secondary N) is 1. The summed E-state index contributed by atoms with van der Waals surface area (Å²) in [4.78, 5) is 12.7. The van der Waals surface area contributed by atoms with E-state index in [4.69, 9.17) is 4.42 Å². The summed E-state index contributed by atoms with van der Waals surface area (Å²) in [7, 11) is 0. The lowest BCUT2D eigenvalue weighted by molar-refractivity contribution is 0.0959. The van der Waals surface area contributed by atoms with Crippen LogP contribution in [-0.2, 0) is 0 Å². The van der Waals surface area contributed by atoms with Crippen molar-refractivity contribution in [3.63, 3.8) is 0 Å². The second kappa shape index (κ2) is 5.58. The number of carbonyl (C=O) groups excluding carboxylic acids is 1. The molecule has 1 N–H and O–H groups in total. The Morgan fingerprint density at radius 3 is 2.90 bits per heavy atom. The molecule has 0 saturated heterocycles. The zero-order chi connectivity index (χ0) is 13.8. The van der Waals surface area contributed by atoms with Crippen LogP contribution in [0.1, 0.15) is 15.4 Å². The van der Waals surface area contributed by atoms with E-state index >= 15 is 0 Å². The predicted molar refractivity (Wildman–Crippen MR) is 77.4 cm³/mol. The van der Waals surface area contributed by atoms with Gasteiger partial charge in [0, 0.05) is 12.4 Å². The molecule has 0 fully saturated rings. The lowest BCUT2D eigenvalue weighted by Crippen LogP contribution is -2.17. The molecule has 0 aliphatic carbocycles. The second-order valence-electron chi connectivity index (χ2n) is 3.94. The van der Waals surface area contributed by atoms with Crippen molar-refractivity contribution in [1.29, 1.82) is 0 Å². The first-order valence-corrected chi connectivity index (χ1v) is 6.80. The van der Waals surface area contributed by atoms with E-state index in [0.717, 1.165) is 5.69 Å². The van der Waals surface area contributed by atoms with Gasteiger partial charge in [0.2, 0.25) is 0 Å². The SMILES string of the molecule is O=C(NN=Cc1ccco1)c1sccc1-n1cccc1. The molecule has 1 amide bonds. The first-order valence-electron chi connectivity index (χ1n) is 5.92. The molecule has 0 atom stereocenters. The molecule has 0 aliphatic rings. The molecule has 3 rings (SSSR count). The summed E-state index contributed by atoms with van der Waals surface area (Å²) in [6.45, 7) is 0. The van der Waals surface area contributed by atoms with Gasteiger partial charge in [0.1, 0.15) is 10.6 Å². The quantitative estimate of drug-likeness (QED) is 0.592. The average molecular weight is 285 g/mol. The standard InChI is InChI=1S/C14H11N3O2S/c18-14(16-15-10-11-4-3-8-19-11)13-12(5-9-20-13)17-6-1-2-7-17/h1-10H,(H,16,18). The van der Waals surface area contributed by atoms with Crippen LogP contribution in [0.3, 0.4) is 0 Å². The van der Waals surface area contributed by atoms with Crippen molar-refractivity contribution >= 4 is 23.5 Å². The number of hydrogen-bond acceptors (Lipinski definition) is 4. The maximum absolute atomic E-state index is 12.1. The highest BCUT2D eigenvalue weighted by atomic mass is 32.1. The fourth-order valence-corrected chi connectivity index (χ4v) is 2.52. The lowest BCUT2D eigenvalue weighted by atomic mass is 10.3. The van der Waals surface area contributed by atoms with Crippen molar-refractivity contribution < 1.29 is 9.21 Å². The zero-order valence-corrected chi connectivity index (χ0v) is 11.2. The van der Waals surface area contributed by atoms with Crippen LogP contribution in [0, 0.1) is 0 Å². The Balaban J connectivity index is 1.74. The Labute approximate surface area is 119 Å². The Kier molecular flexibility index (Phi) is 3.47. The summed E-state index contributed by atoms with van der Waals surface area (Å²) < 4.78 is 6.98. The highest BCUT2D eigenvalue weighted by molar-refractivity contribution is 7.12. The number of hydrogen-bond donors (Lipinski definition) is 1. The normalized spacial score (nSPS) is 11.0. The van der Waals surface area contributed by atoms with Crippen molar-refractivity contribution in [2.24, 2.45) is 5.10 Å². The number of furan rings is 1. The largest absolute Gasteiger partial charge is 0.463 e. The van der Waals surface area contributed by atoms with Crippen molar-refractivity contribution in [2.45, 2.75) is 0 Å². The molecule has 5 nitrogen and oxygen atoms in total. The van der Waals surface area contributed by atoms with E-state index < -0.39 is 0 Å². The van der Waals surface area contributed by atoms with Crippen LogP contribution in [0.15, 0.2) is 63.9 Å². The lowest BCUT2D eigenvalue weighted by Gasteiger charge is -2.03. The van der Waals surface area contributed by atoms with E-state index in [1.807, 2.05) is 40.5 Å². The van der Waals surface area contributed by atoms with E-state index in [-0.39, 0.29) is 5.91 Å². The van der Waals surface area contributed by atoms with Crippen LogP contribution >= 0.6 is 11.3 Å². The smallest absolute Gasteiger partial charge is 0.283 e. The van der Waals surface area contributed by atoms with Gasteiger partial charge < -0.3 is 8.98 Å². The first-order chi connectivity index (χ1) is 9.84. The summed E-state index contributed by atoms with van der Waals surface area (Å²) >= 11 is 1.37. The summed E-state index contributed by atoms with van der Waals surface area (Å²) in [5.74, 6) is 0.341. The number of carbonyl (C=O) groups is 1. The molecule has 0 radical (unpaired) electrons. The first kappa shape index (κ1) is 12.4. The molecule has 3 heterocycles. The van der Waals surface area contributed by atoms with Crippen LogP contribution in [0.25, 0.3) is 5.69 Å². The zero-order valence-electron chi connectivity index (χ0n) is 10.4. The van der Waals surface area contributed by atoms with Crippen LogP contribution in [0.2, 0.25) is 0 Å². The van der Waals surface area contributed by atoms with Gasteiger partial charge in [-0.05, 0) is 35.7 Å². The average Bonchev–Trinajstić information content (AvgIpc) is 3.19. The molecule has 0 spiro atoms. The van der Waals surface area contributed by atoms with Gasteiger partial charge in [0.25, 0.3) is 5.91 Å². The van der Waals surface area contributed by atoms with Gasteiger partial charge in [-0.3, -0.25) is 4.79 Å². The predicted octanol–water partition coefficient (Wildman–Crippen LogP) is 2.90. The van der Waals surface area contributed by atoms with Crippen LogP contribution < -0.4 is 5.43 Å². The van der Waals surface area contributed by atoms with Gasteiger partial charge in [-0.15, -0.1) is 11.3 Å². The number of aromatic nitrogens is 1. The number of nitrogens with zero attached hydrogens (tertiary/aromatic N) is 2. The summed E-state index contributed by atoms with van der Waals surface area (Å²) in [5.41, 5.74) is 3.33. The maximum Gasteiger partial charge on any atom is 0.283 e. The van der Waals surface area contributed by atoms with Crippen molar-refractivity contribution in [1.82, 2.24) is 9.99 Å². The molecule has 0 aromatic carbocycles. The fourth-order valence-electron chi connectivity index (χ4n) is 1.74. The highest BCUT2D eigenvalue weighted by Crippen LogP contribution is 2.21. The number of rotatable bonds is 4. The van der Waals surface area contributed by atoms with Crippen LogP contribution in [0.5, 0.6) is 0 Å². The molecule has 0 aliphatic heterocycles. The van der Waals surface area contributed by atoms with E-state index in [2.05, 4.69) is 10.5 Å². The minimum absolute atomic E-state index is 0.244. The van der Waals surface area contributed by atoms with E-state index in [9.17, 15) is 4.79 Å². The molecule has 20 heavy (non-hydrogen) atoms. The third-order valence-electron chi connectivity index (χ3n) is 2.63. The molecule has 6 heteroatoms. The molecule has 3 aromatic heterocycles. The number of amides is 1. The van der Waals surface area contributed by atoms with Crippen molar-refractivity contribution in [3.8, 4) is 5.69 Å². The summed E-state index contributed by atoms with van der Waals surface area (Å²) in [6.07, 6.45) is 6.79. The van der Waals surface area contributed by atoms with E-state index in [1.54, 1.807) is 18.4 Å². The third-order valence-corrected chi connectivity index (χ3v) is 3.54. The highest BCUT2D eigenvalue weighted by Gasteiger charge is 2.13. The minimum Gasteiger partial charge on any atom is -0.463 e. The Morgan fingerprint density at radius 2 is 2.15 bits per heavy atom. The topological polar surface area (TPSA) is 59.5 Å². The fraction of sp³-hybridized carbons (Fsp3) is 0. The monoisotopic (exact) mass is 285 g/mol. The molecule has 0 bridgehead atoms. The summed E-state index contributed by atoms with van der Waals surface area (Å²) in [5, 5.41) is 5.75. The summed E-state index contributed by atoms with van der Waals surface area (Å²) in [6, 6.07) is 9.23. The van der Waals surface area contributed by atoms with E-state index in [1.165, 1.54) is 17.6 Å². The van der Waals surface area contributed by atoms with Crippen LogP contribution in [-0.4, -0.2) is 16.7 Å². The van der Waals surface area contributed by atoms with Gasteiger partial charge in [-0.1, -0.05) is 0 Å². The van der Waals surface area contributed by atoms with E-state index in [0.29, 0.717) is 10.6 Å². The molecule has 3 aromatic rings. The maximum atomic E-state index is 12.1. The van der Waals surface area contributed by atoms with Gasteiger partial charge in [0.15, 0.2) is 0 Å². The van der Waals surface area contributed by atoms with Gasteiger partial charge >= 0.3 is 0 Å². The third kappa shape index (κ3) is 2.55. The second-order valence-corrected chi connectivity index (χ2v) is 4.86. The molecule has 0 saturated carbocycles. The van der Waals surface area contributed by atoms with Crippen molar-refractivity contribution in [2.75, 3.05) is 0 Å². The minimum atomic E-state index is -0.244. The Morgan fingerprint density at radius 1 is 1.30 bits per heavy atom. The molecular weight excluding hydrogens is 274 g/mol.